The summed E-state index contributed by atoms with van der Waals surface area (Å²) < 4.78 is 46.5. The highest BCUT2D eigenvalue weighted by Crippen LogP contribution is 2.36. The van der Waals surface area contributed by atoms with E-state index >= 15 is 0 Å². The second-order valence-electron chi connectivity index (χ2n) is 11.4. The van der Waals surface area contributed by atoms with Crippen molar-refractivity contribution in [1.82, 2.24) is 29.9 Å². The number of sulfonamides is 1. The van der Waals surface area contributed by atoms with Gasteiger partial charge in [-0.15, -0.1) is 0 Å². The third-order valence-corrected chi connectivity index (χ3v) is 8.71. The molecule has 9 nitrogen and oxygen atoms in total. The molecule has 4 aromatic heterocycles. The number of fused-ring (bicyclic) bond motifs is 2. The van der Waals surface area contributed by atoms with Crippen molar-refractivity contribution >= 4 is 31.8 Å². The summed E-state index contributed by atoms with van der Waals surface area (Å²) in [5, 5.41) is 9.47. The smallest absolute Gasteiger partial charge is 0.209 e. The van der Waals surface area contributed by atoms with Crippen molar-refractivity contribution in [3.8, 4) is 39.5 Å². The monoisotopic (exact) mass is 610 g/mol. The fourth-order valence-corrected chi connectivity index (χ4v) is 6.36. The Kier molecular flexibility index (Phi) is 7.35. The summed E-state index contributed by atoms with van der Waals surface area (Å²) in [6.45, 7) is -0.00127. The van der Waals surface area contributed by atoms with Crippen molar-refractivity contribution in [2.75, 3.05) is 6.26 Å². The molecule has 1 aliphatic carbocycles. The molecule has 1 fully saturated rings. The van der Waals surface area contributed by atoms with E-state index in [1.165, 1.54) is 31.4 Å². The first kappa shape index (κ1) is 28.2. The number of H-pyrrole nitrogens is 2. The van der Waals surface area contributed by atoms with Crippen LogP contribution in [0.5, 0.6) is 5.75 Å². The maximum Gasteiger partial charge on any atom is 0.209 e. The lowest BCUT2D eigenvalue weighted by molar-refractivity contribution is 0.154. The Morgan fingerprint density at radius 2 is 1.82 bits per heavy atom. The molecule has 0 spiro atoms. The molecule has 0 bridgehead atoms. The molecule has 0 atom stereocenters. The van der Waals surface area contributed by atoms with Gasteiger partial charge in [-0.3, -0.25) is 15.1 Å². The first-order valence-electron chi connectivity index (χ1n) is 14.6. The normalized spacial score (nSPS) is 14.4. The van der Waals surface area contributed by atoms with Crippen LogP contribution >= 0.6 is 0 Å². The van der Waals surface area contributed by atoms with Gasteiger partial charge >= 0.3 is 0 Å². The largest absolute Gasteiger partial charge is 0.489 e. The van der Waals surface area contributed by atoms with Crippen LogP contribution in [0.1, 0.15) is 37.7 Å². The van der Waals surface area contributed by atoms with Gasteiger partial charge in [0, 0.05) is 34.6 Å². The number of benzene rings is 2. The maximum absolute atomic E-state index is 14.6. The average Bonchev–Trinajstić information content (AvgIpc) is 3.64. The third-order valence-electron chi connectivity index (χ3n) is 8.04. The minimum atomic E-state index is -3.42. The van der Waals surface area contributed by atoms with Crippen molar-refractivity contribution in [3.05, 3.63) is 84.6 Å². The number of hydrogen-bond donors (Lipinski definition) is 3. The van der Waals surface area contributed by atoms with E-state index in [0.717, 1.165) is 74.9 Å². The summed E-state index contributed by atoms with van der Waals surface area (Å²) in [5.41, 5.74) is 6.77. The van der Waals surface area contributed by atoms with Crippen LogP contribution < -0.4 is 9.46 Å². The van der Waals surface area contributed by atoms with Gasteiger partial charge in [0.2, 0.25) is 10.0 Å². The molecular weight excluding hydrogens is 579 g/mol. The number of aromatic amines is 2. The fourth-order valence-electron chi connectivity index (χ4n) is 5.94. The Morgan fingerprint density at radius 3 is 2.66 bits per heavy atom. The molecule has 44 heavy (non-hydrogen) atoms. The molecule has 7 rings (SSSR count). The molecule has 0 aliphatic heterocycles. The average molecular weight is 611 g/mol. The van der Waals surface area contributed by atoms with Gasteiger partial charge in [0.25, 0.3) is 0 Å². The minimum absolute atomic E-state index is 0.00127. The summed E-state index contributed by atoms with van der Waals surface area (Å²) in [4.78, 5) is 12.6. The number of nitrogens with one attached hydrogen (secondary N) is 3. The molecule has 2 aromatic carbocycles. The SMILES string of the molecule is CS(=O)(=O)NCc1cc(F)cc(-c2cccc3[nH]c(-c4n[nH]c5cnc(-c6cncc(OC7CCCCC7)c6)cc45)cc23)c1. The molecule has 4 heterocycles. The molecule has 6 aromatic rings. The number of aromatic nitrogens is 5. The van der Waals surface area contributed by atoms with E-state index in [4.69, 9.17) is 4.74 Å². The van der Waals surface area contributed by atoms with Crippen LogP contribution in [-0.4, -0.2) is 45.9 Å². The second-order valence-corrected chi connectivity index (χ2v) is 13.2. The standard InChI is InChI=1S/C33H31FN6O3S/c1-44(41,42)37-16-20-10-21(12-23(34)11-20)26-8-5-9-29-27(26)14-31(38-29)33-28-15-30(36-19-32(28)39-40-33)22-13-25(18-35-17-22)43-24-6-3-2-4-7-24/h5,8-15,17-19,24,37-38H,2-4,6-7,16H2,1H3,(H,39,40). The minimum Gasteiger partial charge on any atom is -0.489 e. The maximum atomic E-state index is 14.6. The Morgan fingerprint density at radius 1 is 0.955 bits per heavy atom. The van der Waals surface area contributed by atoms with Crippen LogP contribution in [0.25, 0.3) is 55.6 Å². The molecule has 1 saturated carbocycles. The summed E-state index contributed by atoms with van der Waals surface area (Å²) in [6.07, 6.45) is 12.4. The predicted molar refractivity (Wildman–Crippen MR) is 169 cm³/mol. The van der Waals surface area contributed by atoms with Gasteiger partial charge in [-0.1, -0.05) is 18.6 Å². The highest BCUT2D eigenvalue weighted by atomic mass is 32.2. The van der Waals surface area contributed by atoms with Gasteiger partial charge in [0.15, 0.2) is 0 Å². The zero-order chi connectivity index (χ0) is 30.3. The quantitative estimate of drug-likeness (QED) is 0.175. The molecule has 0 amide bonds. The Bertz CT molecular complexity index is 2100. The predicted octanol–water partition coefficient (Wildman–Crippen LogP) is 6.74. The molecule has 224 valence electrons. The van der Waals surface area contributed by atoms with Gasteiger partial charge < -0.3 is 9.72 Å². The molecular formula is C33H31FN6O3S. The lowest BCUT2D eigenvalue weighted by Crippen LogP contribution is -2.21. The van der Waals surface area contributed by atoms with Crippen molar-refractivity contribution in [1.29, 1.82) is 0 Å². The van der Waals surface area contributed by atoms with E-state index in [1.54, 1.807) is 24.7 Å². The third kappa shape index (κ3) is 5.93. The van der Waals surface area contributed by atoms with E-state index in [0.29, 0.717) is 11.1 Å². The zero-order valence-electron chi connectivity index (χ0n) is 24.1. The van der Waals surface area contributed by atoms with Crippen LogP contribution in [-0.2, 0) is 16.6 Å². The summed E-state index contributed by atoms with van der Waals surface area (Å²) in [6, 6.07) is 16.3. The van der Waals surface area contributed by atoms with Crippen molar-refractivity contribution in [2.24, 2.45) is 0 Å². The van der Waals surface area contributed by atoms with Crippen molar-refractivity contribution < 1.29 is 17.5 Å². The van der Waals surface area contributed by atoms with Gasteiger partial charge in [-0.25, -0.2) is 17.5 Å². The molecule has 11 heteroatoms. The van der Waals surface area contributed by atoms with E-state index in [2.05, 4.69) is 29.9 Å². The van der Waals surface area contributed by atoms with Crippen LogP contribution in [0.4, 0.5) is 4.39 Å². The molecule has 1 aliphatic rings. The van der Waals surface area contributed by atoms with Gasteiger partial charge in [-0.2, -0.15) is 5.10 Å². The van der Waals surface area contributed by atoms with E-state index < -0.39 is 15.8 Å². The number of halogens is 1. The van der Waals surface area contributed by atoms with Crippen LogP contribution in [0.3, 0.4) is 0 Å². The Hall–Kier alpha value is -4.61. The first-order chi connectivity index (χ1) is 21.3. The number of rotatable bonds is 8. The van der Waals surface area contributed by atoms with Crippen LogP contribution in [0.2, 0.25) is 0 Å². The fraction of sp³-hybridized carbons (Fsp3) is 0.242. The number of ether oxygens (including phenoxy) is 1. The zero-order valence-corrected chi connectivity index (χ0v) is 24.9. The lowest BCUT2D eigenvalue weighted by Gasteiger charge is -2.22. The van der Waals surface area contributed by atoms with Gasteiger partial charge in [0.05, 0.1) is 41.7 Å². The molecule has 0 saturated heterocycles. The Balaban J connectivity index is 1.23. The molecule has 0 radical (unpaired) electrons. The van der Waals surface area contributed by atoms with E-state index in [1.807, 2.05) is 36.4 Å². The summed E-state index contributed by atoms with van der Waals surface area (Å²) >= 11 is 0. The number of pyridine rings is 2. The highest BCUT2D eigenvalue weighted by molar-refractivity contribution is 7.88. The summed E-state index contributed by atoms with van der Waals surface area (Å²) in [7, 11) is -3.42. The summed E-state index contributed by atoms with van der Waals surface area (Å²) in [5.74, 6) is 0.307. The van der Waals surface area contributed by atoms with Crippen molar-refractivity contribution in [3.63, 3.8) is 0 Å². The second kappa shape index (κ2) is 11.5. The number of hydrogen-bond acceptors (Lipinski definition) is 6. The topological polar surface area (TPSA) is 126 Å². The van der Waals surface area contributed by atoms with E-state index in [9.17, 15) is 12.8 Å². The van der Waals surface area contributed by atoms with Crippen LogP contribution in [0, 0.1) is 5.82 Å². The molecule has 3 N–H and O–H groups in total. The Labute approximate surface area is 254 Å². The molecule has 0 unspecified atom stereocenters. The van der Waals surface area contributed by atoms with Crippen LogP contribution in [0.15, 0.2) is 73.2 Å². The first-order valence-corrected chi connectivity index (χ1v) is 16.5. The highest BCUT2D eigenvalue weighted by Gasteiger charge is 2.18. The van der Waals surface area contributed by atoms with E-state index in [-0.39, 0.29) is 12.6 Å². The lowest BCUT2D eigenvalue weighted by atomic mass is 9.98. The van der Waals surface area contributed by atoms with Crippen molar-refractivity contribution in [2.45, 2.75) is 44.8 Å². The van der Waals surface area contributed by atoms with Gasteiger partial charge in [-0.05, 0) is 84.8 Å². The number of nitrogens with zero attached hydrogens (tertiary/aromatic N) is 3. The van der Waals surface area contributed by atoms with Gasteiger partial charge in [0.1, 0.15) is 17.3 Å².